The van der Waals surface area contributed by atoms with Crippen molar-refractivity contribution in [2.24, 2.45) is 0 Å². The number of imidazole rings is 1. The fourth-order valence-electron chi connectivity index (χ4n) is 3.81. The third-order valence-electron chi connectivity index (χ3n) is 5.48. The molecule has 0 aliphatic carbocycles. The fraction of sp³-hybridized carbons (Fsp3) is 0.429. The third kappa shape index (κ3) is 3.93. The van der Waals surface area contributed by atoms with Gasteiger partial charge in [0.25, 0.3) is 0 Å². The molecule has 0 unspecified atom stereocenters. The van der Waals surface area contributed by atoms with E-state index in [1.54, 1.807) is 10.8 Å². The average Bonchev–Trinajstić information content (AvgIpc) is 3.08. The average molecular weight is 394 g/mol. The molecule has 1 saturated heterocycles. The molecule has 1 aliphatic rings. The molecule has 0 radical (unpaired) electrons. The lowest BCUT2D eigenvalue weighted by Gasteiger charge is -2.36. The van der Waals surface area contributed by atoms with Gasteiger partial charge in [0.05, 0.1) is 17.4 Å². The summed E-state index contributed by atoms with van der Waals surface area (Å²) in [6, 6.07) is 5.82. The summed E-state index contributed by atoms with van der Waals surface area (Å²) >= 11 is 0. The summed E-state index contributed by atoms with van der Waals surface area (Å²) in [6.45, 7) is 8.87. The number of hydrogen-bond acceptors (Lipinski definition) is 6. The van der Waals surface area contributed by atoms with Gasteiger partial charge in [-0.1, -0.05) is 6.92 Å². The number of Topliss-reactive ketones (excluding diaryl/α,β-unsaturated/α-hetero) is 1. The second-order valence-corrected chi connectivity index (χ2v) is 7.33. The standard InChI is InChI=1S/C21H26N6O2/c1-3-19(28)17-6-5-16(13-22-17)26-9-7-25(8-10-26)14-15-11-18-20(23-12-15)27(4-2)21(29)24-18/h5-6,11-13H,3-4,7-10,14H2,1-2H3,(H,24,29). The molecule has 1 aliphatic heterocycles. The zero-order chi connectivity index (χ0) is 20.4. The van der Waals surface area contributed by atoms with E-state index in [2.05, 4.69) is 24.8 Å². The molecule has 0 bridgehead atoms. The molecule has 8 heteroatoms. The van der Waals surface area contributed by atoms with Crippen molar-refractivity contribution in [3.05, 3.63) is 52.3 Å². The fourth-order valence-corrected chi connectivity index (χ4v) is 3.81. The Morgan fingerprint density at radius 3 is 2.55 bits per heavy atom. The number of rotatable bonds is 6. The molecule has 3 aromatic rings. The van der Waals surface area contributed by atoms with Crippen molar-refractivity contribution in [1.29, 1.82) is 0 Å². The van der Waals surface area contributed by atoms with Gasteiger partial charge in [0.15, 0.2) is 11.4 Å². The van der Waals surface area contributed by atoms with E-state index >= 15 is 0 Å². The second-order valence-electron chi connectivity index (χ2n) is 7.33. The number of carbonyl (C=O) groups is 1. The van der Waals surface area contributed by atoms with E-state index in [1.165, 1.54) is 0 Å². The normalized spacial score (nSPS) is 15.2. The smallest absolute Gasteiger partial charge is 0.327 e. The molecule has 4 rings (SSSR count). The molecule has 0 aromatic carbocycles. The van der Waals surface area contributed by atoms with Crippen LogP contribution >= 0.6 is 0 Å². The Morgan fingerprint density at radius 1 is 1.10 bits per heavy atom. The minimum Gasteiger partial charge on any atom is -0.368 e. The van der Waals surface area contributed by atoms with Crippen molar-refractivity contribution >= 4 is 22.6 Å². The number of aromatic amines is 1. The number of aromatic nitrogens is 4. The minimum absolute atomic E-state index is 0.0718. The predicted molar refractivity (Wildman–Crippen MR) is 112 cm³/mol. The maximum atomic E-state index is 11.9. The predicted octanol–water partition coefficient (Wildman–Crippen LogP) is 2.05. The molecule has 0 amide bonds. The molecule has 0 spiro atoms. The highest BCUT2D eigenvalue weighted by Gasteiger charge is 2.18. The molecule has 3 aromatic heterocycles. The maximum Gasteiger partial charge on any atom is 0.327 e. The van der Waals surface area contributed by atoms with Crippen molar-refractivity contribution in [3.63, 3.8) is 0 Å². The summed E-state index contributed by atoms with van der Waals surface area (Å²) in [5, 5.41) is 0. The number of anilines is 1. The van der Waals surface area contributed by atoms with Crippen LogP contribution in [0.4, 0.5) is 5.69 Å². The van der Waals surface area contributed by atoms with Crippen LogP contribution in [-0.2, 0) is 13.1 Å². The number of ketones is 1. The Bertz CT molecular complexity index is 1060. The van der Waals surface area contributed by atoms with E-state index < -0.39 is 0 Å². The van der Waals surface area contributed by atoms with E-state index in [0.717, 1.165) is 49.5 Å². The van der Waals surface area contributed by atoms with E-state index in [9.17, 15) is 9.59 Å². The molecule has 29 heavy (non-hydrogen) atoms. The van der Waals surface area contributed by atoms with Gasteiger partial charge in [0.1, 0.15) is 5.69 Å². The van der Waals surface area contributed by atoms with Gasteiger partial charge in [-0.2, -0.15) is 0 Å². The Kier molecular flexibility index (Phi) is 5.44. The first kappa shape index (κ1) is 19.3. The Hall–Kier alpha value is -3.00. The minimum atomic E-state index is -0.110. The van der Waals surface area contributed by atoms with Crippen LogP contribution < -0.4 is 10.6 Å². The van der Waals surface area contributed by atoms with E-state index in [4.69, 9.17) is 0 Å². The Labute approximate surface area is 169 Å². The molecule has 4 heterocycles. The topological polar surface area (TPSA) is 87.1 Å². The summed E-state index contributed by atoms with van der Waals surface area (Å²) < 4.78 is 1.64. The van der Waals surface area contributed by atoms with Crippen LogP contribution in [0.15, 0.2) is 35.4 Å². The molecule has 8 nitrogen and oxygen atoms in total. The van der Waals surface area contributed by atoms with Crippen molar-refractivity contribution in [3.8, 4) is 0 Å². The van der Waals surface area contributed by atoms with Crippen LogP contribution in [0, 0.1) is 0 Å². The van der Waals surface area contributed by atoms with Gasteiger partial charge in [-0.25, -0.2) is 9.78 Å². The van der Waals surface area contributed by atoms with Gasteiger partial charge in [0.2, 0.25) is 0 Å². The molecule has 0 saturated carbocycles. The summed E-state index contributed by atoms with van der Waals surface area (Å²) in [7, 11) is 0. The maximum absolute atomic E-state index is 11.9. The van der Waals surface area contributed by atoms with Gasteiger partial charge in [0, 0.05) is 51.9 Å². The number of fused-ring (bicyclic) bond motifs is 1. The number of piperazine rings is 1. The molecule has 1 N–H and O–H groups in total. The summed E-state index contributed by atoms with van der Waals surface area (Å²) in [5.74, 6) is 0.0718. The number of pyridine rings is 2. The highest BCUT2D eigenvalue weighted by Crippen LogP contribution is 2.18. The summed E-state index contributed by atoms with van der Waals surface area (Å²) in [6.07, 6.45) is 4.13. The Morgan fingerprint density at radius 2 is 1.90 bits per heavy atom. The lowest BCUT2D eigenvalue weighted by Crippen LogP contribution is -2.46. The molecular formula is C21H26N6O2. The number of carbonyl (C=O) groups excluding carboxylic acids is 1. The van der Waals surface area contributed by atoms with Crippen LogP contribution in [0.5, 0.6) is 0 Å². The zero-order valence-corrected chi connectivity index (χ0v) is 16.9. The van der Waals surface area contributed by atoms with Gasteiger partial charge in [-0.3, -0.25) is 19.2 Å². The van der Waals surface area contributed by atoms with Gasteiger partial charge in [-0.05, 0) is 30.7 Å². The molecule has 0 atom stereocenters. The van der Waals surface area contributed by atoms with Crippen molar-refractivity contribution in [2.75, 3.05) is 31.1 Å². The summed E-state index contributed by atoms with van der Waals surface area (Å²) in [4.78, 5) is 40.0. The largest absolute Gasteiger partial charge is 0.368 e. The number of H-pyrrole nitrogens is 1. The molecular weight excluding hydrogens is 368 g/mol. The lowest BCUT2D eigenvalue weighted by molar-refractivity contribution is 0.0983. The third-order valence-corrected chi connectivity index (χ3v) is 5.48. The van der Waals surface area contributed by atoms with Crippen molar-refractivity contribution < 1.29 is 4.79 Å². The van der Waals surface area contributed by atoms with Crippen LogP contribution in [0.3, 0.4) is 0 Å². The SMILES string of the molecule is CCC(=O)c1ccc(N2CCN(Cc3cnc4c(c3)[nH]c(=O)n4CC)CC2)cn1. The van der Waals surface area contributed by atoms with Gasteiger partial charge in [-0.15, -0.1) is 0 Å². The lowest BCUT2D eigenvalue weighted by atomic mass is 10.2. The number of nitrogens with zero attached hydrogens (tertiary/aromatic N) is 5. The number of aryl methyl sites for hydroxylation is 1. The van der Waals surface area contributed by atoms with Gasteiger partial charge >= 0.3 is 5.69 Å². The second kappa shape index (κ2) is 8.16. The van der Waals surface area contributed by atoms with Gasteiger partial charge < -0.3 is 9.88 Å². The first-order valence-electron chi connectivity index (χ1n) is 10.1. The van der Waals surface area contributed by atoms with Crippen LogP contribution in [0.1, 0.15) is 36.3 Å². The summed E-state index contributed by atoms with van der Waals surface area (Å²) in [5.41, 5.74) is 4.08. The molecule has 1 fully saturated rings. The number of nitrogens with one attached hydrogen (secondary N) is 1. The monoisotopic (exact) mass is 394 g/mol. The van der Waals surface area contributed by atoms with E-state index in [-0.39, 0.29) is 11.5 Å². The van der Waals surface area contributed by atoms with Crippen molar-refractivity contribution in [2.45, 2.75) is 33.4 Å². The zero-order valence-electron chi connectivity index (χ0n) is 16.9. The van der Waals surface area contributed by atoms with Crippen LogP contribution in [0.25, 0.3) is 11.2 Å². The highest BCUT2D eigenvalue weighted by molar-refractivity contribution is 5.94. The van der Waals surface area contributed by atoms with E-state index in [0.29, 0.717) is 24.3 Å². The van der Waals surface area contributed by atoms with E-state index in [1.807, 2.05) is 38.2 Å². The molecule has 152 valence electrons. The number of hydrogen-bond donors (Lipinski definition) is 1. The Balaban J connectivity index is 1.38. The highest BCUT2D eigenvalue weighted by atomic mass is 16.1. The van der Waals surface area contributed by atoms with Crippen molar-refractivity contribution in [1.82, 2.24) is 24.4 Å². The van der Waals surface area contributed by atoms with Crippen LogP contribution in [0.2, 0.25) is 0 Å². The van der Waals surface area contributed by atoms with Crippen LogP contribution in [-0.4, -0.2) is 56.4 Å². The quantitative estimate of drug-likeness (QED) is 0.644. The first-order chi connectivity index (χ1) is 14.1. The first-order valence-corrected chi connectivity index (χ1v) is 10.1.